The molecule has 3 heterocycles. The lowest BCUT2D eigenvalue weighted by Gasteiger charge is -2.06. The van der Waals surface area contributed by atoms with Crippen LogP contribution in [0.25, 0.3) is 33.3 Å². The Kier molecular flexibility index (Phi) is 2.90. The molecule has 3 aromatic heterocycles. The van der Waals surface area contributed by atoms with E-state index >= 15 is 0 Å². The van der Waals surface area contributed by atoms with Gasteiger partial charge in [0.2, 0.25) is 11.4 Å². The van der Waals surface area contributed by atoms with Crippen molar-refractivity contribution in [3.05, 3.63) is 59.9 Å². The van der Waals surface area contributed by atoms with Crippen LogP contribution in [0.3, 0.4) is 0 Å². The van der Waals surface area contributed by atoms with Crippen LogP contribution in [0.2, 0.25) is 0 Å². The number of nitrogens with zero attached hydrogens (tertiary/aromatic N) is 2. The smallest absolute Gasteiger partial charge is 0.227 e. The molecule has 0 saturated heterocycles. The van der Waals surface area contributed by atoms with E-state index in [-0.39, 0.29) is 6.17 Å². The lowest BCUT2D eigenvalue weighted by Crippen LogP contribution is -2.30. The van der Waals surface area contributed by atoms with Crippen molar-refractivity contribution in [2.45, 2.75) is 20.3 Å². The monoisotopic (exact) mass is 304 g/mol. The van der Waals surface area contributed by atoms with Gasteiger partial charge in [0, 0.05) is 29.1 Å². The molecular weight excluding hydrogens is 284 g/mol. The van der Waals surface area contributed by atoms with Gasteiger partial charge in [-0.2, -0.15) is 0 Å². The molecule has 0 aliphatic heterocycles. The van der Waals surface area contributed by atoms with Gasteiger partial charge in [0.1, 0.15) is 7.05 Å². The Morgan fingerprint density at radius 1 is 1.22 bits per heavy atom. The van der Waals surface area contributed by atoms with Crippen LogP contribution in [0.4, 0.5) is 0 Å². The number of aryl methyl sites for hydroxylation is 3. The van der Waals surface area contributed by atoms with Crippen LogP contribution >= 0.6 is 0 Å². The summed E-state index contributed by atoms with van der Waals surface area (Å²) in [6, 6.07) is 12.2. The van der Waals surface area contributed by atoms with Crippen LogP contribution in [-0.2, 0) is 13.5 Å². The molecule has 3 heteroatoms. The Labute approximate surface area is 136 Å². The number of pyridine rings is 2. The SMILES string of the molecule is [2H]c1ccc2c(n1)oc1c(-c3cc(CC)cc[n+]3C)c(C)ccc12. The third-order valence-corrected chi connectivity index (χ3v) is 4.45. The van der Waals surface area contributed by atoms with E-state index in [9.17, 15) is 0 Å². The van der Waals surface area contributed by atoms with E-state index in [1.165, 1.54) is 5.56 Å². The number of hydrogen-bond acceptors (Lipinski definition) is 2. The molecule has 0 radical (unpaired) electrons. The van der Waals surface area contributed by atoms with Gasteiger partial charge in [-0.25, -0.2) is 9.55 Å². The maximum absolute atomic E-state index is 7.72. The van der Waals surface area contributed by atoms with Gasteiger partial charge < -0.3 is 4.42 Å². The van der Waals surface area contributed by atoms with Crippen LogP contribution in [0.1, 0.15) is 19.4 Å². The molecule has 1 aromatic carbocycles. The van der Waals surface area contributed by atoms with Gasteiger partial charge in [-0.05, 0) is 36.6 Å². The second-order valence-electron chi connectivity index (χ2n) is 5.91. The first-order valence-electron chi connectivity index (χ1n) is 8.37. The molecule has 0 atom stereocenters. The zero-order valence-corrected chi connectivity index (χ0v) is 13.6. The standard InChI is InChI=1S/C20H19N2O/c1-4-14-9-11-22(3)17(12-14)18-13(2)7-8-15-16-6-5-10-21-20(16)23-19(15)18/h5-12H,4H2,1-3H3/q+1/i10D. The van der Waals surface area contributed by atoms with Gasteiger partial charge in [0.15, 0.2) is 11.8 Å². The molecular formula is C20H19N2O+. The van der Waals surface area contributed by atoms with Gasteiger partial charge in [-0.1, -0.05) is 19.1 Å². The summed E-state index contributed by atoms with van der Waals surface area (Å²) in [7, 11) is 2.05. The third kappa shape index (κ3) is 2.12. The molecule has 0 amide bonds. The van der Waals surface area contributed by atoms with Crippen LogP contribution in [0.15, 0.2) is 53.2 Å². The Morgan fingerprint density at radius 3 is 2.91 bits per heavy atom. The molecule has 0 saturated carbocycles. The summed E-state index contributed by atoms with van der Waals surface area (Å²) in [5.74, 6) is 0. The van der Waals surface area contributed by atoms with Crippen molar-refractivity contribution in [3.63, 3.8) is 0 Å². The topological polar surface area (TPSA) is 29.9 Å². The lowest BCUT2D eigenvalue weighted by atomic mass is 9.99. The molecule has 0 spiro atoms. The molecule has 4 rings (SSSR count). The van der Waals surface area contributed by atoms with E-state index < -0.39 is 0 Å². The normalized spacial score (nSPS) is 12.0. The predicted molar refractivity (Wildman–Crippen MR) is 92.2 cm³/mol. The Morgan fingerprint density at radius 2 is 2.09 bits per heavy atom. The van der Waals surface area contributed by atoms with Crippen molar-refractivity contribution in [2.75, 3.05) is 0 Å². The highest BCUT2D eigenvalue weighted by Crippen LogP contribution is 2.36. The molecule has 114 valence electrons. The van der Waals surface area contributed by atoms with Crippen molar-refractivity contribution in [1.82, 2.24) is 4.98 Å². The molecule has 23 heavy (non-hydrogen) atoms. The van der Waals surface area contributed by atoms with Gasteiger partial charge in [-0.15, -0.1) is 0 Å². The zero-order chi connectivity index (χ0) is 16.8. The number of benzene rings is 1. The second kappa shape index (κ2) is 5.20. The highest BCUT2D eigenvalue weighted by molar-refractivity contribution is 6.08. The lowest BCUT2D eigenvalue weighted by molar-refractivity contribution is -0.660. The van der Waals surface area contributed by atoms with Crippen LogP contribution in [0.5, 0.6) is 0 Å². The van der Waals surface area contributed by atoms with E-state index in [1.807, 2.05) is 6.07 Å². The van der Waals surface area contributed by atoms with Gasteiger partial charge in [0.25, 0.3) is 0 Å². The molecule has 3 nitrogen and oxygen atoms in total. The first kappa shape index (κ1) is 12.8. The molecule has 0 N–H and O–H groups in total. The van der Waals surface area contributed by atoms with Crippen molar-refractivity contribution in [1.29, 1.82) is 0 Å². The molecule has 0 aliphatic rings. The van der Waals surface area contributed by atoms with Gasteiger partial charge >= 0.3 is 0 Å². The predicted octanol–water partition coefficient (Wildman–Crippen LogP) is 4.34. The van der Waals surface area contributed by atoms with Crippen molar-refractivity contribution >= 4 is 22.1 Å². The summed E-state index contributed by atoms with van der Waals surface area (Å²) in [6.07, 6.45) is 3.31. The number of aromatic nitrogens is 2. The quantitative estimate of drug-likeness (QED) is 0.516. The average molecular weight is 304 g/mol. The van der Waals surface area contributed by atoms with E-state index in [1.54, 1.807) is 6.07 Å². The van der Waals surface area contributed by atoms with Crippen LogP contribution in [0, 0.1) is 6.92 Å². The number of hydrogen-bond donors (Lipinski definition) is 0. The summed E-state index contributed by atoms with van der Waals surface area (Å²) in [6.45, 7) is 4.26. The number of rotatable bonds is 2. The van der Waals surface area contributed by atoms with Crippen molar-refractivity contribution in [3.8, 4) is 11.3 Å². The maximum atomic E-state index is 7.72. The number of furan rings is 1. The van der Waals surface area contributed by atoms with Crippen molar-refractivity contribution < 1.29 is 10.4 Å². The van der Waals surface area contributed by atoms with E-state index in [4.69, 9.17) is 5.79 Å². The summed E-state index contributed by atoms with van der Waals surface area (Å²) >= 11 is 0. The highest BCUT2D eigenvalue weighted by atomic mass is 16.3. The molecule has 0 aliphatic carbocycles. The Balaban J connectivity index is 2.11. The van der Waals surface area contributed by atoms with Crippen LogP contribution in [-0.4, -0.2) is 4.98 Å². The summed E-state index contributed by atoms with van der Waals surface area (Å²) < 4.78 is 15.9. The molecule has 0 unspecified atom stereocenters. The summed E-state index contributed by atoms with van der Waals surface area (Å²) in [5.41, 5.74) is 6.04. The molecule has 0 fully saturated rings. The second-order valence-corrected chi connectivity index (χ2v) is 5.91. The van der Waals surface area contributed by atoms with E-state index in [0.717, 1.165) is 39.6 Å². The fourth-order valence-electron chi connectivity index (χ4n) is 3.13. The largest absolute Gasteiger partial charge is 0.437 e. The average Bonchev–Trinajstić information content (AvgIpc) is 2.93. The van der Waals surface area contributed by atoms with Gasteiger partial charge in [-0.3, -0.25) is 0 Å². The summed E-state index contributed by atoms with van der Waals surface area (Å²) in [5, 5.41) is 2.00. The molecule has 0 bridgehead atoms. The van der Waals surface area contributed by atoms with E-state index in [2.05, 4.69) is 60.9 Å². The Bertz CT molecular complexity index is 1080. The first-order chi connectivity index (χ1) is 11.6. The molecule has 4 aromatic rings. The maximum Gasteiger partial charge on any atom is 0.227 e. The van der Waals surface area contributed by atoms with Gasteiger partial charge in [0.05, 0.1) is 6.93 Å². The van der Waals surface area contributed by atoms with E-state index in [0.29, 0.717) is 5.71 Å². The first-order valence-corrected chi connectivity index (χ1v) is 7.87. The number of fused-ring (bicyclic) bond motifs is 3. The van der Waals surface area contributed by atoms with Crippen molar-refractivity contribution in [2.24, 2.45) is 7.05 Å². The summed E-state index contributed by atoms with van der Waals surface area (Å²) in [4.78, 5) is 4.23. The highest BCUT2D eigenvalue weighted by Gasteiger charge is 2.20. The minimum absolute atomic E-state index is 0.221. The third-order valence-electron chi connectivity index (χ3n) is 4.45. The minimum atomic E-state index is 0.221. The fraction of sp³-hybridized carbons (Fsp3) is 0.200. The minimum Gasteiger partial charge on any atom is -0.437 e. The Hall–Kier alpha value is -2.68. The van der Waals surface area contributed by atoms with Crippen LogP contribution < -0.4 is 4.57 Å². The zero-order valence-electron chi connectivity index (χ0n) is 14.6. The fourth-order valence-corrected chi connectivity index (χ4v) is 3.13.